The van der Waals surface area contributed by atoms with Gasteiger partial charge < -0.3 is 21.5 Å². The normalized spacial score (nSPS) is 13.3. The lowest BCUT2D eigenvalue weighted by Crippen LogP contribution is -2.39. The van der Waals surface area contributed by atoms with Crippen molar-refractivity contribution in [1.29, 1.82) is 0 Å². The van der Waals surface area contributed by atoms with Crippen LogP contribution in [-0.4, -0.2) is 34.2 Å². The van der Waals surface area contributed by atoms with Crippen LogP contribution in [-0.2, 0) is 0 Å². The zero-order valence-corrected chi connectivity index (χ0v) is 14.2. The average molecular weight is 314 g/mol. The Morgan fingerprint density at radius 1 is 1.43 bits per heavy atom. The molecule has 0 aliphatic carbocycles. The van der Waals surface area contributed by atoms with Gasteiger partial charge in [-0.15, -0.1) is 0 Å². The number of nitrogens with two attached hydrogens (primary N) is 1. The van der Waals surface area contributed by atoms with Gasteiger partial charge in [-0.2, -0.15) is 0 Å². The Balaban J connectivity index is 2.82. The van der Waals surface area contributed by atoms with Crippen molar-refractivity contribution in [1.82, 2.24) is 10.3 Å². The van der Waals surface area contributed by atoms with Gasteiger partial charge in [0.2, 0.25) is 0 Å². The van der Waals surface area contributed by atoms with Crippen LogP contribution < -0.4 is 16.4 Å². The third-order valence-electron chi connectivity index (χ3n) is 2.90. The second kappa shape index (κ2) is 7.09. The highest BCUT2D eigenvalue weighted by atomic mass is 32.1. The summed E-state index contributed by atoms with van der Waals surface area (Å²) in [5.41, 5.74) is 5.69. The molecule has 1 amide bonds. The molecule has 1 unspecified atom stereocenters. The molecule has 7 heteroatoms. The van der Waals surface area contributed by atoms with E-state index in [0.717, 1.165) is 0 Å². The largest absolute Gasteiger partial charge is 0.396 e. The number of hydrogen-bond acceptors (Lipinski definition) is 6. The molecule has 0 radical (unpaired) electrons. The predicted molar refractivity (Wildman–Crippen MR) is 87.7 cm³/mol. The monoisotopic (exact) mass is 314 g/mol. The van der Waals surface area contributed by atoms with Crippen LogP contribution in [0.4, 0.5) is 10.9 Å². The van der Waals surface area contributed by atoms with Crippen LogP contribution in [0.3, 0.4) is 0 Å². The van der Waals surface area contributed by atoms with Gasteiger partial charge in [-0.05, 0) is 33.1 Å². The van der Waals surface area contributed by atoms with Crippen molar-refractivity contribution in [3.8, 4) is 0 Å². The highest BCUT2D eigenvalue weighted by Crippen LogP contribution is 2.27. The van der Waals surface area contributed by atoms with Crippen LogP contribution in [0.25, 0.3) is 0 Å². The number of carbonyl (C=O) groups excluding carboxylic acids is 1. The van der Waals surface area contributed by atoms with E-state index in [-0.39, 0.29) is 35.8 Å². The number of nitrogen functional groups attached to an aromatic ring is 1. The fourth-order valence-corrected chi connectivity index (χ4v) is 2.81. The van der Waals surface area contributed by atoms with Crippen molar-refractivity contribution in [2.24, 2.45) is 5.92 Å². The smallest absolute Gasteiger partial charge is 0.265 e. The van der Waals surface area contributed by atoms with Crippen molar-refractivity contribution < 1.29 is 9.90 Å². The molecule has 120 valence electrons. The summed E-state index contributed by atoms with van der Waals surface area (Å²) in [6.07, 6.45) is 0.523. The molecule has 0 aromatic carbocycles. The third kappa shape index (κ3) is 5.51. The summed E-state index contributed by atoms with van der Waals surface area (Å²) in [5, 5.41) is 15.8. The SMILES string of the molecule is CC(C)C(CCO)NC(=O)c1sc(NC(C)(C)C)nc1N. The van der Waals surface area contributed by atoms with Gasteiger partial charge in [0.15, 0.2) is 5.13 Å². The van der Waals surface area contributed by atoms with Gasteiger partial charge >= 0.3 is 0 Å². The van der Waals surface area contributed by atoms with E-state index in [1.807, 2.05) is 34.6 Å². The minimum absolute atomic E-state index is 0.0398. The number of nitrogens with one attached hydrogen (secondary N) is 2. The fourth-order valence-electron chi connectivity index (χ4n) is 1.81. The zero-order chi connectivity index (χ0) is 16.2. The molecule has 1 rings (SSSR count). The Morgan fingerprint density at radius 2 is 2.05 bits per heavy atom. The quantitative estimate of drug-likeness (QED) is 0.644. The molecule has 21 heavy (non-hydrogen) atoms. The zero-order valence-electron chi connectivity index (χ0n) is 13.4. The van der Waals surface area contributed by atoms with Crippen LogP contribution >= 0.6 is 11.3 Å². The first-order chi connectivity index (χ1) is 9.64. The van der Waals surface area contributed by atoms with Crippen LogP contribution in [0.15, 0.2) is 0 Å². The third-order valence-corrected chi connectivity index (χ3v) is 3.89. The molecule has 0 aliphatic rings. The molecule has 5 N–H and O–H groups in total. The molecule has 0 saturated heterocycles. The van der Waals surface area contributed by atoms with Crippen molar-refractivity contribution in [3.63, 3.8) is 0 Å². The van der Waals surface area contributed by atoms with E-state index in [0.29, 0.717) is 16.4 Å². The molecule has 1 aromatic heterocycles. The second-order valence-electron chi connectivity index (χ2n) is 6.44. The fraction of sp³-hybridized carbons (Fsp3) is 0.714. The van der Waals surface area contributed by atoms with Crippen molar-refractivity contribution in [2.75, 3.05) is 17.7 Å². The minimum Gasteiger partial charge on any atom is -0.396 e. The Morgan fingerprint density at radius 3 is 2.52 bits per heavy atom. The average Bonchev–Trinajstić information content (AvgIpc) is 2.66. The molecule has 0 fully saturated rings. The first-order valence-corrected chi connectivity index (χ1v) is 7.92. The van der Waals surface area contributed by atoms with E-state index in [1.54, 1.807) is 0 Å². The van der Waals surface area contributed by atoms with Gasteiger partial charge in [0.1, 0.15) is 10.7 Å². The highest BCUT2D eigenvalue weighted by Gasteiger charge is 2.22. The number of rotatable bonds is 6. The number of amides is 1. The van der Waals surface area contributed by atoms with Crippen LogP contribution in [0.5, 0.6) is 0 Å². The van der Waals surface area contributed by atoms with Gasteiger partial charge in [0, 0.05) is 18.2 Å². The summed E-state index contributed by atoms with van der Waals surface area (Å²) in [6.45, 7) is 10.1. The number of carbonyl (C=O) groups is 1. The number of aliphatic hydroxyl groups excluding tert-OH is 1. The molecule has 1 aromatic rings. The Bertz CT molecular complexity index is 480. The van der Waals surface area contributed by atoms with E-state index < -0.39 is 0 Å². The van der Waals surface area contributed by atoms with Gasteiger partial charge in [0.05, 0.1) is 0 Å². The van der Waals surface area contributed by atoms with Gasteiger partial charge in [-0.25, -0.2) is 4.98 Å². The van der Waals surface area contributed by atoms with Crippen molar-refractivity contribution in [3.05, 3.63) is 4.88 Å². The lowest BCUT2D eigenvalue weighted by Gasteiger charge is -2.21. The van der Waals surface area contributed by atoms with Gasteiger partial charge in [0.25, 0.3) is 5.91 Å². The number of aliphatic hydroxyl groups is 1. The molecule has 6 nitrogen and oxygen atoms in total. The number of nitrogens with zero attached hydrogens (tertiary/aromatic N) is 1. The molecule has 1 atom stereocenters. The van der Waals surface area contributed by atoms with Crippen LogP contribution in [0.2, 0.25) is 0 Å². The summed E-state index contributed by atoms with van der Waals surface area (Å²) < 4.78 is 0. The maximum absolute atomic E-state index is 12.3. The maximum Gasteiger partial charge on any atom is 0.265 e. The van der Waals surface area contributed by atoms with E-state index in [2.05, 4.69) is 15.6 Å². The summed E-state index contributed by atoms with van der Waals surface area (Å²) in [5.74, 6) is 0.234. The standard InChI is InChI=1S/C14H26N4O2S/c1-8(2)9(6-7-19)16-12(20)10-11(15)17-13(21-10)18-14(3,4)5/h8-9,19H,6-7,15H2,1-5H3,(H,16,20)(H,17,18). The van der Waals surface area contributed by atoms with E-state index in [4.69, 9.17) is 10.8 Å². The summed E-state index contributed by atoms with van der Waals surface area (Å²) in [4.78, 5) is 16.9. The van der Waals surface area contributed by atoms with E-state index in [1.165, 1.54) is 11.3 Å². The first-order valence-electron chi connectivity index (χ1n) is 7.10. The maximum atomic E-state index is 12.3. The van der Waals surface area contributed by atoms with Crippen molar-refractivity contribution in [2.45, 2.75) is 52.6 Å². The Labute approximate surface area is 130 Å². The van der Waals surface area contributed by atoms with E-state index >= 15 is 0 Å². The van der Waals surface area contributed by atoms with Crippen LogP contribution in [0, 0.1) is 5.92 Å². The van der Waals surface area contributed by atoms with Gasteiger partial charge in [-0.3, -0.25) is 4.79 Å². The molecule has 0 spiro atoms. The van der Waals surface area contributed by atoms with Gasteiger partial charge in [-0.1, -0.05) is 25.2 Å². The van der Waals surface area contributed by atoms with Crippen molar-refractivity contribution >= 4 is 28.2 Å². The number of anilines is 2. The molecular weight excluding hydrogens is 288 g/mol. The molecule has 0 bridgehead atoms. The highest BCUT2D eigenvalue weighted by molar-refractivity contribution is 7.18. The molecule has 0 aliphatic heterocycles. The summed E-state index contributed by atoms with van der Waals surface area (Å²) in [7, 11) is 0. The van der Waals surface area contributed by atoms with E-state index in [9.17, 15) is 4.79 Å². The topological polar surface area (TPSA) is 100 Å². The molecule has 1 heterocycles. The number of hydrogen-bond donors (Lipinski definition) is 4. The number of thiazole rings is 1. The lowest BCUT2D eigenvalue weighted by molar-refractivity contribution is 0.0921. The first kappa shape index (κ1) is 17.7. The molecule has 0 saturated carbocycles. The summed E-state index contributed by atoms with van der Waals surface area (Å²) >= 11 is 1.24. The van der Waals surface area contributed by atoms with Crippen LogP contribution in [0.1, 0.15) is 50.7 Å². The number of aromatic nitrogens is 1. The Kier molecular flexibility index (Phi) is 5.98. The minimum atomic E-state index is -0.237. The lowest BCUT2D eigenvalue weighted by atomic mass is 10.0. The Hall–Kier alpha value is -1.34. The molecular formula is C14H26N4O2S. The summed E-state index contributed by atoms with van der Waals surface area (Å²) in [6, 6.07) is -0.0805. The predicted octanol–water partition coefficient (Wildman–Crippen LogP) is 2.07. The second-order valence-corrected chi connectivity index (χ2v) is 7.44.